The van der Waals surface area contributed by atoms with Crippen molar-refractivity contribution in [3.63, 3.8) is 0 Å². The Bertz CT molecular complexity index is 869. The largest absolute Gasteiger partial charge is 0.467 e. The number of carbonyl (C=O) groups is 2. The second-order valence-electron chi connectivity index (χ2n) is 7.34. The Balaban J connectivity index is 1.74. The fourth-order valence-electron chi connectivity index (χ4n) is 3.41. The summed E-state index contributed by atoms with van der Waals surface area (Å²) in [5.74, 6) is 0.154. The van der Waals surface area contributed by atoms with Gasteiger partial charge in [-0.05, 0) is 43.2 Å². The number of ether oxygens (including phenoxy) is 2. The van der Waals surface area contributed by atoms with E-state index in [1.54, 1.807) is 36.5 Å². The minimum absolute atomic E-state index is 0.0166. The molecule has 7 nitrogen and oxygen atoms in total. The molecule has 0 aliphatic carbocycles. The van der Waals surface area contributed by atoms with E-state index in [0.717, 1.165) is 12.8 Å². The van der Waals surface area contributed by atoms with E-state index >= 15 is 0 Å². The average molecular weight is 469 g/mol. The molecule has 0 N–H and O–H groups in total. The summed E-state index contributed by atoms with van der Waals surface area (Å²) in [7, 11) is 1.55. The van der Waals surface area contributed by atoms with Crippen LogP contribution in [0.5, 0.6) is 0 Å². The van der Waals surface area contributed by atoms with E-state index in [4.69, 9.17) is 37.1 Å². The maximum absolute atomic E-state index is 13.2. The highest BCUT2D eigenvalue weighted by atomic mass is 35.5. The molecule has 2 aromatic rings. The van der Waals surface area contributed by atoms with Gasteiger partial charge < -0.3 is 23.7 Å². The van der Waals surface area contributed by atoms with E-state index in [2.05, 4.69) is 0 Å². The molecule has 1 atom stereocenters. The van der Waals surface area contributed by atoms with E-state index in [0.29, 0.717) is 42.6 Å². The lowest BCUT2D eigenvalue weighted by Gasteiger charge is -2.28. The van der Waals surface area contributed by atoms with Crippen LogP contribution in [0.4, 0.5) is 0 Å². The first kappa shape index (κ1) is 23.6. The van der Waals surface area contributed by atoms with Crippen LogP contribution >= 0.6 is 23.2 Å². The monoisotopic (exact) mass is 468 g/mol. The van der Waals surface area contributed by atoms with Crippen molar-refractivity contribution in [3.8, 4) is 0 Å². The fraction of sp³-hybridized carbons (Fsp3) is 0.455. The second kappa shape index (κ2) is 11.5. The molecule has 2 amide bonds. The molecular formula is C22H26Cl2N2O5. The SMILES string of the molecule is COCCN(CC(=O)N(Cc1ccco1)CC1CCCO1)C(=O)c1ccc(Cl)c(Cl)c1. The van der Waals surface area contributed by atoms with Gasteiger partial charge in [-0.15, -0.1) is 0 Å². The molecular weight excluding hydrogens is 443 g/mol. The maximum atomic E-state index is 13.2. The van der Waals surface area contributed by atoms with Crippen LogP contribution in [0.3, 0.4) is 0 Å². The minimum atomic E-state index is -0.320. The predicted octanol–water partition coefficient (Wildman–Crippen LogP) is 3.88. The van der Waals surface area contributed by atoms with Crippen LogP contribution in [-0.2, 0) is 20.8 Å². The van der Waals surface area contributed by atoms with Gasteiger partial charge in [-0.2, -0.15) is 0 Å². The van der Waals surface area contributed by atoms with Gasteiger partial charge in [0, 0.05) is 32.4 Å². The zero-order valence-corrected chi connectivity index (χ0v) is 18.9. The Morgan fingerprint density at radius 1 is 1.19 bits per heavy atom. The first-order valence-corrected chi connectivity index (χ1v) is 10.9. The third-order valence-corrected chi connectivity index (χ3v) is 5.81. The van der Waals surface area contributed by atoms with Crippen molar-refractivity contribution >= 4 is 35.0 Å². The second-order valence-corrected chi connectivity index (χ2v) is 8.15. The van der Waals surface area contributed by atoms with Gasteiger partial charge in [0.15, 0.2) is 0 Å². The molecule has 31 heavy (non-hydrogen) atoms. The molecule has 0 bridgehead atoms. The number of hydrogen-bond donors (Lipinski definition) is 0. The highest BCUT2D eigenvalue weighted by molar-refractivity contribution is 6.42. The van der Waals surface area contributed by atoms with Crippen LogP contribution in [0.2, 0.25) is 10.0 Å². The first-order valence-electron chi connectivity index (χ1n) is 10.1. The molecule has 1 aliphatic rings. The highest BCUT2D eigenvalue weighted by Gasteiger charge is 2.27. The van der Waals surface area contributed by atoms with Gasteiger partial charge in [0.25, 0.3) is 5.91 Å². The molecule has 1 saturated heterocycles. The van der Waals surface area contributed by atoms with Crippen LogP contribution in [0.1, 0.15) is 29.0 Å². The van der Waals surface area contributed by atoms with Crippen molar-refractivity contribution in [3.05, 3.63) is 58.0 Å². The lowest BCUT2D eigenvalue weighted by Crippen LogP contribution is -2.45. The smallest absolute Gasteiger partial charge is 0.254 e. The molecule has 1 fully saturated rings. The molecule has 0 saturated carbocycles. The van der Waals surface area contributed by atoms with Gasteiger partial charge in [-0.1, -0.05) is 23.2 Å². The number of benzene rings is 1. The summed E-state index contributed by atoms with van der Waals surface area (Å²) in [6.07, 6.45) is 3.43. The molecule has 2 heterocycles. The minimum Gasteiger partial charge on any atom is -0.467 e. The summed E-state index contributed by atoms with van der Waals surface area (Å²) >= 11 is 12.0. The van der Waals surface area contributed by atoms with Crippen molar-refractivity contribution in [2.45, 2.75) is 25.5 Å². The number of nitrogens with zero attached hydrogens (tertiary/aromatic N) is 2. The Morgan fingerprint density at radius 3 is 2.68 bits per heavy atom. The lowest BCUT2D eigenvalue weighted by atomic mass is 10.2. The summed E-state index contributed by atoms with van der Waals surface area (Å²) in [6, 6.07) is 8.26. The van der Waals surface area contributed by atoms with Crippen molar-refractivity contribution in [2.75, 3.05) is 40.0 Å². The highest BCUT2D eigenvalue weighted by Crippen LogP contribution is 2.23. The van der Waals surface area contributed by atoms with Crippen molar-refractivity contribution in [1.29, 1.82) is 0 Å². The van der Waals surface area contributed by atoms with Gasteiger partial charge in [0.05, 0.1) is 35.6 Å². The summed E-state index contributed by atoms with van der Waals surface area (Å²) in [4.78, 5) is 29.5. The topological polar surface area (TPSA) is 72.2 Å². The van der Waals surface area contributed by atoms with Gasteiger partial charge in [0.1, 0.15) is 12.3 Å². The Morgan fingerprint density at radius 2 is 2.03 bits per heavy atom. The number of carbonyl (C=O) groups excluding carboxylic acids is 2. The van der Waals surface area contributed by atoms with Gasteiger partial charge >= 0.3 is 0 Å². The van der Waals surface area contributed by atoms with E-state index < -0.39 is 0 Å². The molecule has 0 spiro atoms. The summed E-state index contributed by atoms with van der Waals surface area (Å²) in [5, 5.41) is 0.641. The van der Waals surface area contributed by atoms with Crippen LogP contribution in [0, 0.1) is 0 Å². The Labute approximate surface area is 191 Å². The standard InChI is InChI=1S/C22H26Cl2N2O5/c1-29-11-8-25(22(28)16-6-7-19(23)20(24)12-16)15-21(27)26(13-17-4-2-9-30-17)14-18-5-3-10-31-18/h2,4,6-7,9,12,18H,3,5,8,10-11,13-15H2,1H3. The van der Waals surface area contributed by atoms with Crippen molar-refractivity contribution in [2.24, 2.45) is 0 Å². The molecule has 9 heteroatoms. The van der Waals surface area contributed by atoms with Crippen molar-refractivity contribution in [1.82, 2.24) is 9.80 Å². The fourth-order valence-corrected chi connectivity index (χ4v) is 3.71. The third kappa shape index (κ3) is 6.71. The summed E-state index contributed by atoms with van der Waals surface area (Å²) in [5.41, 5.74) is 0.356. The van der Waals surface area contributed by atoms with Crippen LogP contribution in [-0.4, -0.2) is 67.7 Å². The number of furan rings is 1. The molecule has 168 valence electrons. The van der Waals surface area contributed by atoms with Crippen LogP contribution < -0.4 is 0 Å². The first-order chi connectivity index (χ1) is 15.0. The van der Waals surface area contributed by atoms with Gasteiger partial charge in [-0.25, -0.2) is 0 Å². The maximum Gasteiger partial charge on any atom is 0.254 e. The molecule has 1 unspecified atom stereocenters. The number of halogens is 2. The van der Waals surface area contributed by atoms with Crippen LogP contribution in [0.15, 0.2) is 41.0 Å². The Hall–Kier alpha value is -2.06. The zero-order valence-electron chi connectivity index (χ0n) is 17.4. The van der Waals surface area contributed by atoms with Crippen molar-refractivity contribution < 1.29 is 23.5 Å². The number of amides is 2. The number of hydrogen-bond acceptors (Lipinski definition) is 5. The van der Waals surface area contributed by atoms with E-state index in [1.165, 1.54) is 11.0 Å². The third-order valence-electron chi connectivity index (χ3n) is 5.07. The predicted molar refractivity (Wildman–Crippen MR) is 117 cm³/mol. The number of methoxy groups -OCH3 is 1. The van der Waals surface area contributed by atoms with E-state index in [-0.39, 0.29) is 36.0 Å². The number of rotatable bonds is 10. The van der Waals surface area contributed by atoms with Gasteiger partial charge in [-0.3, -0.25) is 9.59 Å². The molecule has 1 aliphatic heterocycles. The molecule has 3 rings (SSSR count). The van der Waals surface area contributed by atoms with Gasteiger partial charge in [0.2, 0.25) is 5.91 Å². The zero-order chi connectivity index (χ0) is 22.2. The summed E-state index contributed by atoms with van der Waals surface area (Å²) < 4.78 is 16.3. The molecule has 1 aromatic heterocycles. The Kier molecular flexibility index (Phi) is 8.78. The van der Waals surface area contributed by atoms with E-state index in [1.807, 2.05) is 6.07 Å². The summed E-state index contributed by atoms with van der Waals surface area (Å²) in [6.45, 7) is 1.91. The lowest BCUT2D eigenvalue weighted by molar-refractivity contribution is -0.134. The molecule has 1 aromatic carbocycles. The molecule has 0 radical (unpaired) electrons. The quantitative estimate of drug-likeness (QED) is 0.528. The van der Waals surface area contributed by atoms with Crippen LogP contribution in [0.25, 0.3) is 0 Å². The normalized spacial score (nSPS) is 15.8. The average Bonchev–Trinajstić information content (AvgIpc) is 3.46. The van der Waals surface area contributed by atoms with E-state index in [9.17, 15) is 9.59 Å².